The fraction of sp³-hybridized carbons (Fsp3) is 0. The quantitative estimate of drug-likeness (QED) is 0.253. The number of hydrogen-bond acceptors (Lipinski definition) is 0. The van der Waals surface area contributed by atoms with E-state index in [0.717, 1.165) is 8.20 Å². The Labute approximate surface area is 42.9 Å². The van der Waals surface area contributed by atoms with Crippen molar-refractivity contribution in [1.82, 2.24) is 0 Å². The van der Waals surface area contributed by atoms with Gasteiger partial charge in [-0.2, -0.15) is 4.79 Å². The highest BCUT2D eigenvalue weighted by Gasteiger charge is 1.98. The van der Waals surface area contributed by atoms with Crippen molar-refractivity contribution in [3.05, 3.63) is 17.7 Å². The fourth-order valence-corrected chi connectivity index (χ4v) is 0.899. The van der Waals surface area contributed by atoms with Gasteiger partial charge in [0.1, 0.15) is 0 Å². The second-order valence-corrected chi connectivity index (χ2v) is 2.11. The van der Waals surface area contributed by atoms with Gasteiger partial charge in [0.15, 0.2) is 0 Å². The first-order valence-corrected chi connectivity index (χ1v) is 2.82. The molecule has 3 heteroatoms. The van der Waals surface area contributed by atoms with E-state index in [9.17, 15) is 0 Å². The Bertz CT molecular complexity index is 160. The van der Waals surface area contributed by atoms with E-state index in [1.54, 1.807) is 6.08 Å². The molecular formula is C4H3N2P. The van der Waals surface area contributed by atoms with Crippen LogP contribution in [-0.4, -0.2) is 16.0 Å². The lowest BCUT2D eigenvalue weighted by atomic mass is 10.6. The van der Waals surface area contributed by atoms with Gasteiger partial charge in [0, 0.05) is 14.3 Å². The smallest absolute Gasteiger partial charge is 0.338 e. The van der Waals surface area contributed by atoms with Crippen LogP contribution in [0.3, 0.4) is 0 Å². The van der Waals surface area contributed by atoms with Gasteiger partial charge in [-0.25, -0.2) is 0 Å². The Morgan fingerprint density at radius 2 is 2.57 bits per heavy atom. The normalized spacial score (nSPS) is 17.4. The molecule has 1 aliphatic heterocycles. The minimum absolute atomic E-state index is 0.708. The van der Waals surface area contributed by atoms with Crippen LogP contribution in [0.2, 0.25) is 0 Å². The number of rotatable bonds is 0. The fourth-order valence-electron chi connectivity index (χ4n) is 0.351. The van der Waals surface area contributed by atoms with Crippen LogP contribution in [0.4, 0.5) is 0 Å². The van der Waals surface area contributed by atoms with Crippen molar-refractivity contribution in [2.75, 3.05) is 0 Å². The Morgan fingerprint density at radius 1 is 1.71 bits per heavy atom. The van der Waals surface area contributed by atoms with Gasteiger partial charge < -0.3 is 5.53 Å². The van der Waals surface area contributed by atoms with Gasteiger partial charge in [-0.1, -0.05) is 0 Å². The summed E-state index contributed by atoms with van der Waals surface area (Å²) in [4.78, 5) is 2.97. The van der Waals surface area contributed by atoms with Crippen LogP contribution in [0.1, 0.15) is 0 Å². The predicted molar refractivity (Wildman–Crippen MR) is 30.8 cm³/mol. The molecule has 0 aromatic heterocycles. The zero-order chi connectivity index (χ0) is 5.11. The minimum atomic E-state index is 0.708. The molecule has 1 heterocycles. The summed E-state index contributed by atoms with van der Waals surface area (Å²) < 4.78 is 0. The summed E-state index contributed by atoms with van der Waals surface area (Å²) >= 11 is 0. The van der Waals surface area contributed by atoms with Gasteiger partial charge in [-0.05, 0) is 11.9 Å². The second-order valence-electron chi connectivity index (χ2n) is 1.10. The monoisotopic (exact) mass is 110 g/mol. The van der Waals surface area contributed by atoms with E-state index in [1.807, 2.05) is 11.9 Å². The SMILES string of the molecule is [N-]=[N+]=C1C=CC=P1. The molecule has 1 aliphatic rings. The van der Waals surface area contributed by atoms with Gasteiger partial charge in [0.25, 0.3) is 0 Å². The molecule has 0 aromatic rings. The third-order valence-corrected chi connectivity index (χ3v) is 1.46. The summed E-state index contributed by atoms with van der Waals surface area (Å²) in [5, 5.41) is 0. The maximum absolute atomic E-state index is 8.08. The highest BCUT2D eigenvalue weighted by atomic mass is 31.1. The molecule has 0 radical (unpaired) electrons. The first-order valence-electron chi connectivity index (χ1n) is 1.86. The summed E-state index contributed by atoms with van der Waals surface area (Å²) in [6.07, 6.45) is 3.62. The van der Waals surface area contributed by atoms with Gasteiger partial charge in [-0.3, -0.25) is 0 Å². The van der Waals surface area contributed by atoms with Crippen molar-refractivity contribution >= 4 is 19.5 Å². The van der Waals surface area contributed by atoms with E-state index < -0.39 is 0 Å². The lowest BCUT2D eigenvalue weighted by Crippen LogP contribution is -1.72. The number of hydrogen-bond donors (Lipinski definition) is 0. The van der Waals surface area contributed by atoms with Gasteiger partial charge in [-0.15, -0.1) is 0 Å². The summed E-state index contributed by atoms with van der Waals surface area (Å²) in [5.41, 5.74) is 8.78. The van der Waals surface area contributed by atoms with Crippen molar-refractivity contribution in [3.63, 3.8) is 0 Å². The molecule has 0 aliphatic carbocycles. The van der Waals surface area contributed by atoms with Crippen molar-refractivity contribution in [2.24, 2.45) is 0 Å². The lowest BCUT2D eigenvalue weighted by Gasteiger charge is -1.58. The largest absolute Gasteiger partial charge is 0.360 e. The second kappa shape index (κ2) is 1.83. The van der Waals surface area contributed by atoms with Crippen molar-refractivity contribution in [2.45, 2.75) is 0 Å². The van der Waals surface area contributed by atoms with E-state index in [1.165, 1.54) is 0 Å². The molecule has 0 unspecified atom stereocenters. The Morgan fingerprint density at radius 3 is 2.86 bits per heavy atom. The summed E-state index contributed by atoms with van der Waals surface area (Å²) in [6.45, 7) is 0. The van der Waals surface area contributed by atoms with E-state index in [-0.39, 0.29) is 0 Å². The molecular weight excluding hydrogens is 107 g/mol. The zero-order valence-electron chi connectivity index (χ0n) is 3.57. The minimum Gasteiger partial charge on any atom is -0.360 e. The Balaban J connectivity index is 3.00. The maximum atomic E-state index is 8.08. The van der Waals surface area contributed by atoms with Crippen LogP contribution in [0.5, 0.6) is 0 Å². The summed E-state index contributed by atoms with van der Waals surface area (Å²) in [5.74, 6) is 1.91. The van der Waals surface area contributed by atoms with Crippen LogP contribution in [0.25, 0.3) is 5.53 Å². The molecule has 0 atom stereocenters. The molecule has 2 nitrogen and oxygen atoms in total. The number of allylic oxidation sites excluding steroid dienone is 2. The van der Waals surface area contributed by atoms with Crippen LogP contribution in [0.15, 0.2) is 12.2 Å². The molecule has 0 fully saturated rings. The van der Waals surface area contributed by atoms with Crippen molar-refractivity contribution in [3.8, 4) is 0 Å². The molecule has 0 amide bonds. The van der Waals surface area contributed by atoms with E-state index in [2.05, 4.69) is 4.79 Å². The molecule has 0 aromatic carbocycles. The third-order valence-electron chi connectivity index (χ3n) is 0.641. The lowest BCUT2D eigenvalue weighted by molar-refractivity contribution is 0.00204. The number of nitrogens with zero attached hydrogens (tertiary/aromatic N) is 2. The molecule has 0 bridgehead atoms. The molecule has 0 N–H and O–H groups in total. The first kappa shape index (κ1) is 4.45. The van der Waals surface area contributed by atoms with E-state index >= 15 is 0 Å². The average Bonchev–Trinajstić information content (AvgIpc) is 2.14. The average molecular weight is 110 g/mol. The van der Waals surface area contributed by atoms with Gasteiger partial charge in [0.2, 0.25) is 0 Å². The van der Waals surface area contributed by atoms with E-state index in [4.69, 9.17) is 5.53 Å². The maximum Gasteiger partial charge on any atom is 0.338 e. The highest BCUT2D eigenvalue weighted by molar-refractivity contribution is 7.59. The molecule has 0 saturated heterocycles. The Hall–Kier alpha value is -0.710. The van der Waals surface area contributed by atoms with Crippen molar-refractivity contribution in [1.29, 1.82) is 0 Å². The molecule has 0 saturated carbocycles. The van der Waals surface area contributed by atoms with Crippen LogP contribution in [-0.2, 0) is 0 Å². The molecule has 0 spiro atoms. The third kappa shape index (κ3) is 0.833. The van der Waals surface area contributed by atoms with Crippen LogP contribution >= 0.6 is 8.20 Å². The summed E-state index contributed by atoms with van der Waals surface area (Å²) in [6, 6.07) is 0. The molecule has 34 valence electrons. The topological polar surface area (TPSA) is 36.4 Å². The highest BCUT2D eigenvalue weighted by Crippen LogP contribution is 2.03. The van der Waals surface area contributed by atoms with Crippen LogP contribution in [0, 0.1) is 0 Å². The Kier molecular flexibility index (Phi) is 1.16. The van der Waals surface area contributed by atoms with E-state index in [0.29, 0.717) is 5.45 Å². The predicted octanol–water partition coefficient (Wildman–Crippen LogP) is 0.933. The standard InChI is InChI=1S/C4H3N2P/c5-6-4-2-1-3-7-4/h1-3H. The van der Waals surface area contributed by atoms with Gasteiger partial charge >= 0.3 is 5.45 Å². The molecule has 1 rings (SSSR count). The van der Waals surface area contributed by atoms with Crippen molar-refractivity contribution < 1.29 is 4.79 Å². The molecule has 7 heavy (non-hydrogen) atoms. The van der Waals surface area contributed by atoms with Gasteiger partial charge in [0.05, 0.1) is 0 Å². The zero-order valence-corrected chi connectivity index (χ0v) is 4.47. The summed E-state index contributed by atoms with van der Waals surface area (Å²) in [7, 11) is 0.985. The first-order chi connectivity index (χ1) is 3.43. The van der Waals surface area contributed by atoms with Crippen LogP contribution < -0.4 is 0 Å².